The first kappa shape index (κ1) is 18.1. The van der Waals surface area contributed by atoms with Gasteiger partial charge in [0.05, 0.1) is 5.02 Å². The largest absolute Gasteiger partial charge is 0.462 e. The number of hydrogen-bond donors (Lipinski definition) is 0. The minimum Gasteiger partial charge on any atom is -0.462 e. The highest BCUT2D eigenvalue weighted by atomic mass is 35.5. The van der Waals surface area contributed by atoms with Crippen molar-refractivity contribution in [2.45, 2.75) is 45.6 Å². The molecule has 2 unspecified atom stereocenters. The van der Waals surface area contributed by atoms with Crippen molar-refractivity contribution in [2.75, 3.05) is 13.1 Å². The first-order chi connectivity index (χ1) is 11.7. The molecule has 136 valence electrons. The second-order valence-electron chi connectivity index (χ2n) is 7.72. The lowest BCUT2D eigenvalue weighted by atomic mass is 9.81. The zero-order chi connectivity index (χ0) is 18.4. The molecule has 1 fully saturated rings. The van der Waals surface area contributed by atoms with Crippen LogP contribution in [0, 0.1) is 11.7 Å². The molecule has 3 rings (SSSR count). The van der Waals surface area contributed by atoms with Crippen LogP contribution < -0.4 is 0 Å². The topological polar surface area (TPSA) is 42.7 Å². The molecule has 1 aromatic carbocycles. The number of hydrogen-bond acceptors (Lipinski definition) is 3. The van der Waals surface area contributed by atoms with Gasteiger partial charge in [0, 0.05) is 24.0 Å². The van der Waals surface area contributed by atoms with Crippen molar-refractivity contribution in [1.82, 2.24) is 4.90 Å². The Labute approximate surface area is 151 Å². The van der Waals surface area contributed by atoms with Gasteiger partial charge in [-0.1, -0.05) is 18.5 Å². The van der Waals surface area contributed by atoms with Crippen LogP contribution in [-0.4, -0.2) is 29.7 Å². The maximum atomic E-state index is 14.6. The number of ether oxygens (including phenoxy) is 1. The molecule has 1 aliphatic rings. The van der Waals surface area contributed by atoms with Crippen LogP contribution in [0.3, 0.4) is 0 Å². The number of fused-ring (bicyclic) bond motifs is 1. The first-order valence-electron chi connectivity index (χ1n) is 8.50. The van der Waals surface area contributed by atoms with Crippen LogP contribution in [0.4, 0.5) is 9.18 Å². The van der Waals surface area contributed by atoms with E-state index in [2.05, 4.69) is 0 Å². The number of carbonyl (C=O) groups is 1. The second kappa shape index (κ2) is 6.52. The molecule has 0 spiro atoms. The maximum absolute atomic E-state index is 14.6. The highest BCUT2D eigenvalue weighted by Crippen LogP contribution is 2.40. The van der Waals surface area contributed by atoms with Crippen molar-refractivity contribution in [3.63, 3.8) is 0 Å². The van der Waals surface area contributed by atoms with E-state index in [0.717, 1.165) is 5.39 Å². The van der Waals surface area contributed by atoms with E-state index >= 15 is 0 Å². The number of halogens is 2. The van der Waals surface area contributed by atoms with Crippen LogP contribution in [0.5, 0.6) is 0 Å². The molecule has 1 aromatic heterocycles. The van der Waals surface area contributed by atoms with E-state index in [0.29, 0.717) is 35.7 Å². The molecule has 4 nitrogen and oxygen atoms in total. The summed E-state index contributed by atoms with van der Waals surface area (Å²) in [4.78, 5) is 14.0. The van der Waals surface area contributed by atoms with Gasteiger partial charge in [0.2, 0.25) is 0 Å². The summed E-state index contributed by atoms with van der Waals surface area (Å²) in [6, 6.07) is 3.08. The van der Waals surface area contributed by atoms with Gasteiger partial charge in [0.1, 0.15) is 23.3 Å². The van der Waals surface area contributed by atoms with E-state index in [4.69, 9.17) is 20.8 Å². The normalized spacial score (nSPS) is 21.6. The third-order valence-corrected chi connectivity index (χ3v) is 4.90. The van der Waals surface area contributed by atoms with Crippen LogP contribution in [0.15, 0.2) is 22.8 Å². The van der Waals surface area contributed by atoms with E-state index in [-0.39, 0.29) is 23.7 Å². The van der Waals surface area contributed by atoms with Crippen molar-refractivity contribution in [1.29, 1.82) is 0 Å². The summed E-state index contributed by atoms with van der Waals surface area (Å²) in [6.45, 7) is 8.59. The molecule has 1 saturated heterocycles. The Morgan fingerprint density at radius 2 is 2.12 bits per heavy atom. The van der Waals surface area contributed by atoms with Crippen LogP contribution in [-0.2, 0) is 4.74 Å². The molecule has 0 saturated carbocycles. The van der Waals surface area contributed by atoms with Crippen LogP contribution in [0.2, 0.25) is 5.02 Å². The number of furan rings is 1. The molecule has 2 atom stereocenters. The Kier molecular flexibility index (Phi) is 4.71. The number of carbonyl (C=O) groups excluding carboxylic acids is 1. The molecule has 1 aliphatic heterocycles. The fraction of sp³-hybridized carbons (Fsp3) is 0.526. The molecule has 2 aromatic rings. The van der Waals surface area contributed by atoms with E-state index < -0.39 is 5.60 Å². The Bertz CT molecular complexity index is 796. The summed E-state index contributed by atoms with van der Waals surface area (Å²) in [7, 11) is 0. The molecule has 0 N–H and O–H groups in total. The summed E-state index contributed by atoms with van der Waals surface area (Å²) >= 11 is 6.11. The highest BCUT2D eigenvalue weighted by molar-refractivity contribution is 6.35. The standard InChI is InChI=1S/C19H23ClFNO3/c1-11-9-22(18(23)25-19(2,3)4)8-7-12(11)16-15(21)6-5-13-14(20)10-24-17(13)16/h5-6,10-12H,7-9H2,1-4H3. The minimum absolute atomic E-state index is 0.0374. The fourth-order valence-corrected chi connectivity index (χ4v) is 3.67. The molecule has 0 aliphatic carbocycles. The average Bonchev–Trinajstić information content (AvgIpc) is 2.87. The smallest absolute Gasteiger partial charge is 0.410 e. The zero-order valence-corrected chi connectivity index (χ0v) is 15.7. The Morgan fingerprint density at radius 1 is 1.40 bits per heavy atom. The van der Waals surface area contributed by atoms with Gasteiger partial charge in [-0.15, -0.1) is 0 Å². The first-order valence-corrected chi connectivity index (χ1v) is 8.88. The fourth-order valence-electron chi connectivity index (χ4n) is 3.48. The van der Waals surface area contributed by atoms with E-state index in [1.54, 1.807) is 11.0 Å². The minimum atomic E-state index is -0.528. The number of rotatable bonds is 1. The molecule has 2 heterocycles. The van der Waals surface area contributed by atoms with Crippen molar-refractivity contribution in [3.05, 3.63) is 34.8 Å². The van der Waals surface area contributed by atoms with Gasteiger partial charge < -0.3 is 14.1 Å². The quantitative estimate of drug-likeness (QED) is 0.660. The molecule has 1 amide bonds. The third kappa shape index (κ3) is 3.61. The van der Waals surface area contributed by atoms with Crippen LogP contribution in [0.25, 0.3) is 11.0 Å². The monoisotopic (exact) mass is 367 g/mol. The highest BCUT2D eigenvalue weighted by Gasteiger charge is 2.34. The van der Waals surface area contributed by atoms with E-state index in [1.807, 2.05) is 27.7 Å². The lowest BCUT2D eigenvalue weighted by molar-refractivity contribution is 0.0154. The molecule has 25 heavy (non-hydrogen) atoms. The lowest BCUT2D eigenvalue weighted by Gasteiger charge is -2.37. The number of amides is 1. The number of nitrogens with zero attached hydrogens (tertiary/aromatic N) is 1. The number of benzene rings is 1. The van der Waals surface area contributed by atoms with Crippen molar-refractivity contribution < 1.29 is 18.3 Å². The average molecular weight is 368 g/mol. The van der Waals surface area contributed by atoms with Gasteiger partial charge in [-0.05, 0) is 51.2 Å². The van der Waals surface area contributed by atoms with Gasteiger partial charge >= 0.3 is 6.09 Å². The summed E-state index contributed by atoms with van der Waals surface area (Å²) in [5, 5.41) is 1.20. The predicted molar refractivity (Wildman–Crippen MR) is 95.5 cm³/mol. The van der Waals surface area contributed by atoms with Gasteiger partial charge in [0.25, 0.3) is 0 Å². The van der Waals surface area contributed by atoms with E-state index in [1.165, 1.54) is 12.3 Å². The van der Waals surface area contributed by atoms with Gasteiger partial charge in [-0.2, -0.15) is 0 Å². The van der Waals surface area contributed by atoms with Gasteiger partial charge in [-0.3, -0.25) is 0 Å². The van der Waals surface area contributed by atoms with Crippen molar-refractivity contribution >= 4 is 28.7 Å². The number of likely N-dealkylation sites (tertiary alicyclic amines) is 1. The predicted octanol–water partition coefficient (Wildman–Crippen LogP) is 5.59. The van der Waals surface area contributed by atoms with Crippen molar-refractivity contribution in [2.24, 2.45) is 5.92 Å². The maximum Gasteiger partial charge on any atom is 0.410 e. The molecular formula is C19H23ClFNO3. The molecule has 0 radical (unpaired) electrons. The Hall–Kier alpha value is -1.75. The van der Waals surface area contributed by atoms with Gasteiger partial charge in [0.15, 0.2) is 0 Å². The summed E-state index contributed by atoms with van der Waals surface area (Å²) in [6.07, 6.45) is 1.77. The van der Waals surface area contributed by atoms with Gasteiger partial charge in [-0.25, -0.2) is 9.18 Å². The second-order valence-corrected chi connectivity index (χ2v) is 8.13. The summed E-state index contributed by atoms with van der Waals surface area (Å²) < 4.78 is 25.5. The Morgan fingerprint density at radius 3 is 2.76 bits per heavy atom. The van der Waals surface area contributed by atoms with Crippen molar-refractivity contribution in [3.8, 4) is 0 Å². The Balaban J connectivity index is 1.83. The van der Waals surface area contributed by atoms with E-state index in [9.17, 15) is 9.18 Å². The SMILES string of the molecule is CC1CN(C(=O)OC(C)(C)C)CCC1c1c(F)ccc2c(Cl)coc12. The zero-order valence-electron chi connectivity index (χ0n) is 14.9. The molecule has 0 bridgehead atoms. The lowest BCUT2D eigenvalue weighted by Crippen LogP contribution is -2.44. The van der Waals surface area contributed by atoms with Crippen LogP contribution >= 0.6 is 11.6 Å². The van der Waals surface area contributed by atoms with Crippen LogP contribution in [0.1, 0.15) is 45.6 Å². The summed E-state index contributed by atoms with van der Waals surface area (Å²) in [5.41, 5.74) is 0.535. The summed E-state index contributed by atoms with van der Waals surface area (Å²) in [5.74, 6) is -0.254. The number of piperidine rings is 1. The third-order valence-electron chi connectivity index (χ3n) is 4.61. The molecule has 6 heteroatoms. The molecular weight excluding hydrogens is 345 g/mol.